The number of hydrogen-bond donors (Lipinski definition) is 0. The zero-order valence-corrected chi connectivity index (χ0v) is 15.9. The van der Waals surface area contributed by atoms with Crippen LogP contribution in [0.15, 0.2) is 42.5 Å². The third kappa shape index (κ3) is 3.10. The maximum Gasteiger partial charge on any atom is 0.0529 e. The summed E-state index contributed by atoms with van der Waals surface area (Å²) in [6.45, 7) is 4.18. The Hall–Kier alpha value is -1.74. The smallest absolute Gasteiger partial charge is 0.0529 e. The normalized spacial score (nSPS) is 15.6. The average Bonchev–Trinajstić information content (AvgIpc) is 2.88. The van der Waals surface area contributed by atoms with Gasteiger partial charge in [0.15, 0.2) is 0 Å². The van der Waals surface area contributed by atoms with Gasteiger partial charge in [0.05, 0.1) is 5.52 Å². The lowest BCUT2D eigenvalue weighted by atomic mass is 10.1. The molecule has 1 aromatic heterocycles. The molecule has 0 amide bonds. The van der Waals surface area contributed by atoms with Crippen molar-refractivity contribution in [2.45, 2.75) is 19.9 Å². The maximum atomic E-state index is 6.27. The Morgan fingerprint density at radius 2 is 1.76 bits per heavy atom. The largest absolute Gasteiger partial charge is 0.320 e. The number of likely N-dealkylation sites (N-methyl/N-ethyl adjacent to an activating group) is 1. The van der Waals surface area contributed by atoms with E-state index in [2.05, 4.69) is 53.9 Å². The molecule has 2 aromatic carbocycles. The molecule has 1 aliphatic heterocycles. The Balaban J connectivity index is 1.89. The van der Waals surface area contributed by atoms with Gasteiger partial charge in [-0.05, 0) is 61.0 Å². The monoisotopic (exact) mass is 370 g/mol. The number of halogens is 2. The molecular weight excluding hydrogens is 351 g/mol. The molecule has 128 valence electrons. The Labute approximate surface area is 158 Å². The standard InChI is InChI=1S/C21H20Cl2N2/c1-14(15-3-5-16(22)6-4-15)12-25-20-8-7-17(23)11-18(20)19-13-24(2)10-9-21(19)25/h3-8,11-12H,9-10,13H2,1-2H3. The van der Waals surface area contributed by atoms with Crippen molar-refractivity contribution in [1.82, 2.24) is 9.47 Å². The van der Waals surface area contributed by atoms with Crippen molar-refractivity contribution in [2.24, 2.45) is 0 Å². The van der Waals surface area contributed by atoms with Gasteiger partial charge < -0.3 is 9.47 Å². The summed E-state index contributed by atoms with van der Waals surface area (Å²) in [6, 6.07) is 14.2. The summed E-state index contributed by atoms with van der Waals surface area (Å²) in [5.74, 6) is 0. The Morgan fingerprint density at radius 3 is 2.52 bits per heavy atom. The minimum Gasteiger partial charge on any atom is -0.320 e. The molecule has 0 bridgehead atoms. The third-order valence-electron chi connectivity index (χ3n) is 4.96. The second-order valence-electron chi connectivity index (χ2n) is 6.76. The van der Waals surface area contributed by atoms with Crippen LogP contribution in [0, 0.1) is 0 Å². The minimum absolute atomic E-state index is 0.762. The van der Waals surface area contributed by atoms with Crippen molar-refractivity contribution >= 4 is 45.9 Å². The summed E-state index contributed by atoms with van der Waals surface area (Å²) in [7, 11) is 2.17. The Bertz CT molecular complexity index is 968. The quantitative estimate of drug-likeness (QED) is 0.540. The van der Waals surface area contributed by atoms with Gasteiger partial charge in [0, 0.05) is 46.8 Å². The van der Waals surface area contributed by atoms with Gasteiger partial charge in [0.1, 0.15) is 0 Å². The molecule has 0 saturated heterocycles. The van der Waals surface area contributed by atoms with E-state index in [1.165, 1.54) is 33.3 Å². The molecule has 25 heavy (non-hydrogen) atoms. The summed E-state index contributed by atoms with van der Waals surface area (Å²) < 4.78 is 2.35. The Kier molecular flexibility index (Phi) is 4.36. The van der Waals surface area contributed by atoms with Crippen LogP contribution in [0.5, 0.6) is 0 Å². The molecule has 1 aliphatic rings. The van der Waals surface area contributed by atoms with Crippen molar-refractivity contribution in [3.63, 3.8) is 0 Å². The number of fused-ring (bicyclic) bond motifs is 3. The van der Waals surface area contributed by atoms with Crippen molar-refractivity contribution in [1.29, 1.82) is 0 Å². The van der Waals surface area contributed by atoms with Crippen LogP contribution in [0.4, 0.5) is 0 Å². The lowest BCUT2D eigenvalue weighted by molar-refractivity contribution is 0.312. The molecule has 2 nitrogen and oxygen atoms in total. The van der Waals surface area contributed by atoms with E-state index < -0.39 is 0 Å². The summed E-state index contributed by atoms with van der Waals surface area (Å²) in [6.07, 6.45) is 3.28. The van der Waals surface area contributed by atoms with Gasteiger partial charge in [-0.25, -0.2) is 0 Å². The van der Waals surface area contributed by atoms with E-state index in [9.17, 15) is 0 Å². The highest BCUT2D eigenvalue weighted by Crippen LogP contribution is 2.33. The third-order valence-corrected chi connectivity index (χ3v) is 5.45. The van der Waals surface area contributed by atoms with E-state index in [1.807, 2.05) is 18.2 Å². The molecule has 0 spiro atoms. The van der Waals surface area contributed by atoms with Gasteiger partial charge >= 0.3 is 0 Å². The van der Waals surface area contributed by atoms with Crippen molar-refractivity contribution in [3.8, 4) is 0 Å². The number of allylic oxidation sites excluding steroid dienone is 1. The highest BCUT2D eigenvalue weighted by molar-refractivity contribution is 6.31. The first-order chi connectivity index (χ1) is 12.0. The lowest BCUT2D eigenvalue weighted by Gasteiger charge is -2.23. The fourth-order valence-corrected chi connectivity index (χ4v) is 3.93. The molecule has 0 saturated carbocycles. The first-order valence-electron chi connectivity index (χ1n) is 8.47. The van der Waals surface area contributed by atoms with E-state index in [-0.39, 0.29) is 0 Å². The molecule has 4 heteroatoms. The molecule has 0 unspecified atom stereocenters. The number of aromatic nitrogens is 1. The van der Waals surface area contributed by atoms with Crippen LogP contribution in [0.1, 0.15) is 23.7 Å². The van der Waals surface area contributed by atoms with Crippen LogP contribution in [-0.2, 0) is 13.0 Å². The van der Waals surface area contributed by atoms with E-state index >= 15 is 0 Å². The van der Waals surface area contributed by atoms with Crippen LogP contribution in [0.3, 0.4) is 0 Å². The van der Waals surface area contributed by atoms with E-state index in [1.54, 1.807) is 0 Å². The fourth-order valence-electron chi connectivity index (χ4n) is 3.63. The van der Waals surface area contributed by atoms with Crippen LogP contribution in [0.2, 0.25) is 10.0 Å². The molecule has 0 fully saturated rings. The van der Waals surface area contributed by atoms with Crippen LogP contribution in [-0.4, -0.2) is 23.1 Å². The summed E-state index contributed by atoms with van der Waals surface area (Å²) in [5.41, 5.74) is 6.40. The predicted octanol–water partition coefficient (Wildman–Crippen LogP) is 5.95. The topological polar surface area (TPSA) is 8.17 Å². The Morgan fingerprint density at radius 1 is 1.04 bits per heavy atom. The average molecular weight is 371 g/mol. The van der Waals surface area contributed by atoms with Gasteiger partial charge in [-0.1, -0.05) is 35.3 Å². The number of rotatable bonds is 2. The molecule has 2 heterocycles. The number of benzene rings is 2. The summed E-state index contributed by atoms with van der Waals surface area (Å²) >= 11 is 12.3. The van der Waals surface area contributed by atoms with Gasteiger partial charge in [0.25, 0.3) is 0 Å². The summed E-state index contributed by atoms with van der Waals surface area (Å²) in [4.78, 5) is 2.36. The van der Waals surface area contributed by atoms with E-state index in [4.69, 9.17) is 23.2 Å². The van der Waals surface area contributed by atoms with Crippen LogP contribution in [0.25, 0.3) is 22.7 Å². The van der Waals surface area contributed by atoms with E-state index in [0.717, 1.165) is 29.6 Å². The molecule has 0 N–H and O–H groups in total. The van der Waals surface area contributed by atoms with E-state index in [0.29, 0.717) is 0 Å². The molecular formula is C21H20Cl2N2. The minimum atomic E-state index is 0.762. The highest BCUT2D eigenvalue weighted by atomic mass is 35.5. The fraction of sp³-hybridized carbons (Fsp3) is 0.238. The molecule has 0 aliphatic carbocycles. The SMILES string of the molecule is CC(=Cn1c2c(c3cc(Cl)ccc31)CN(C)CC2)c1ccc(Cl)cc1. The second kappa shape index (κ2) is 6.53. The molecule has 4 rings (SSSR count). The lowest BCUT2D eigenvalue weighted by Crippen LogP contribution is -2.26. The maximum absolute atomic E-state index is 6.27. The van der Waals surface area contributed by atoms with Crippen molar-refractivity contribution < 1.29 is 0 Å². The van der Waals surface area contributed by atoms with Gasteiger partial charge in [0.2, 0.25) is 0 Å². The zero-order chi connectivity index (χ0) is 17.6. The number of nitrogens with zero attached hydrogens (tertiary/aromatic N) is 2. The zero-order valence-electron chi connectivity index (χ0n) is 14.4. The highest BCUT2D eigenvalue weighted by Gasteiger charge is 2.22. The van der Waals surface area contributed by atoms with Gasteiger partial charge in [-0.15, -0.1) is 0 Å². The second-order valence-corrected chi connectivity index (χ2v) is 7.64. The van der Waals surface area contributed by atoms with Crippen molar-refractivity contribution in [2.75, 3.05) is 13.6 Å². The molecule has 3 aromatic rings. The van der Waals surface area contributed by atoms with Crippen LogP contribution >= 0.6 is 23.2 Å². The first kappa shape index (κ1) is 16.7. The van der Waals surface area contributed by atoms with Crippen LogP contribution < -0.4 is 0 Å². The number of hydrogen-bond acceptors (Lipinski definition) is 1. The molecule has 0 atom stereocenters. The molecule has 0 radical (unpaired) electrons. The first-order valence-corrected chi connectivity index (χ1v) is 9.22. The van der Waals surface area contributed by atoms with Crippen molar-refractivity contribution in [3.05, 3.63) is 69.3 Å². The van der Waals surface area contributed by atoms with Gasteiger partial charge in [-0.3, -0.25) is 0 Å². The van der Waals surface area contributed by atoms with Gasteiger partial charge in [-0.2, -0.15) is 0 Å². The summed E-state index contributed by atoms with van der Waals surface area (Å²) in [5, 5.41) is 2.81. The predicted molar refractivity (Wildman–Crippen MR) is 108 cm³/mol.